The van der Waals surface area contributed by atoms with Crippen LogP contribution in [0.1, 0.15) is 284 Å². The lowest BCUT2D eigenvalue weighted by Crippen LogP contribution is -2.65. The van der Waals surface area contributed by atoms with E-state index < -0.39 is 86.8 Å². The van der Waals surface area contributed by atoms with Crippen LogP contribution < -0.4 is 5.32 Å². The Balaban J connectivity index is 1.72. The summed E-state index contributed by atoms with van der Waals surface area (Å²) in [5.41, 5.74) is 0. The van der Waals surface area contributed by atoms with Gasteiger partial charge in [0.05, 0.1) is 32.0 Å². The molecule has 2 aliphatic heterocycles. The highest BCUT2D eigenvalue weighted by molar-refractivity contribution is 5.76. The Morgan fingerprint density at radius 3 is 1.21 bits per heavy atom. The number of carbonyl (C=O) groups excluding carboxylic acids is 1. The molecule has 0 saturated carbocycles. The highest BCUT2D eigenvalue weighted by Crippen LogP contribution is 2.30. The van der Waals surface area contributed by atoms with Gasteiger partial charge in [-0.15, -0.1) is 0 Å². The zero-order chi connectivity index (χ0) is 55.3. The Morgan fingerprint density at radius 2 is 0.816 bits per heavy atom. The second-order valence-corrected chi connectivity index (χ2v) is 22.9. The van der Waals surface area contributed by atoms with E-state index in [1.165, 1.54) is 218 Å². The Labute approximate surface area is 463 Å². The molecular formula is C62H119NO13. The van der Waals surface area contributed by atoms with E-state index in [1.54, 1.807) is 6.08 Å². The molecule has 14 heteroatoms. The van der Waals surface area contributed by atoms with E-state index in [0.717, 1.165) is 38.5 Å². The highest BCUT2D eigenvalue weighted by atomic mass is 16.7. The van der Waals surface area contributed by atoms with Gasteiger partial charge in [0.1, 0.15) is 48.8 Å². The third kappa shape index (κ3) is 33.5. The molecule has 76 heavy (non-hydrogen) atoms. The molecule has 14 nitrogen and oxygen atoms in total. The monoisotopic (exact) mass is 1090 g/mol. The van der Waals surface area contributed by atoms with Crippen LogP contribution in [0.15, 0.2) is 12.2 Å². The van der Waals surface area contributed by atoms with E-state index >= 15 is 0 Å². The molecule has 0 aromatic carbocycles. The summed E-state index contributed by atoms with van der Waals surface area (Å²) in [6.07, 6.45) is 39.7. The van der Waals surface area contributed by atoms with Gasteiger partial charge in [-0.25, -0.2) is 0 Å². The number of hydrogen-bond donors (Lipinski definition) is 9. The van der Waals surface area contributed by atoms with Crippen LogP contribution in [0.5, 0.6) is 0 Å². The average Bonchev–Trinajstić information content (AvgIpc) is 3.42. The molecule has 450 valence electrons. The summed E-state index contributed by atoms with van der Waals surface area (Å²) in [6, 6.07) is -0.910. The fourth-order valence-electron chi connectivity index (χ4n) is 10.8. The first-order chi connectivity index (χ1) is 37.1. The van der Waals surface area contributed by atoms with Crippen molar-refractivity contribution in [3.63, 3.8) is 0 Å². The predicted molar refractivity (Wildman–Crippen MR) is 305 cm³/mol. The summed E-state index contributed by atoms with van der Waals surface area (Å²) in [6.45, 7) is 2.84. The molecular weight excluding hydrogens is 967 g/mol. The van der Waals surface area contributed by atoms with Gasteiger partial charge < -0.3 is 65.1 Å². The SMILES string of the molecule is CCCCCCCCCCCCCCCCCCCCCCCCC/C=C/C(O)C(COC1OC(CO)C(OC2OC(CO)C(O)C(O)C2O)C(O)C1O)NC(=O)CCCCCCCCCCCCCCCCCCC. The van der Waals surface area contributed by atoms with E-state index in [9.17, 15) is 45.6 Å². The zero-order valence-electron chi connectivity index (χ0n) is 48.5. The molecule has 0 aliphatic carbocycles. The number of carbonyl (C=O) groups is 1. The van der Waals surface area contributed by atoms with Crippen molar-refractivity contribution in [2.24, 2.45) is 0 Å². The molecule has 2 heterocycles. The summed E-state index contributed by atoms with van der Waals surface area (Å²) >= 11 is 0. The molecule has 0 aromatic rings. The third-order valence-electron chi connectivity index (χ3n) is 16.0. The first-order valence-electron chi connectivity index (χ1n) is 31.9. The van der Waals surface area contributed by atoms with Gasteiger partial charge in [-0.05, 0) is 19.3 Å². The second-order valence-electron chi connectivity index (χ2n) is 22.9. The van der Waals surface area contributed by atoms with Gasteiger partial charge in [0.2, 0.25) is 5.91 Å². The number of unbranched alkanes of at least 4 members (excludes halogenated alkanes) is 39. The van der Waals surface area contributed by atoms with E-state index in [1.807, 2.05) is 6.08 Å². The lowest BCUT2D eigenvalue weighted by Gasteiger charge is -2.46. The molecule has 2 saturated heterocycles. The molecule has 2 rings (SSSR count). The van der Waals surface area contributed by atoms with E-state index in [4.69, 9.17) is 18.9 Å². The average molecular weight is 1090 g/mol. The van der Waals surface area contributed by atoms with E-state index in [2.05, 4.69) is 19.2 Å². The van der Waals surface area contributed by atoms with Crippen molar-refractivity contribution in [2.75, 3.05) is 19.8 Å². The quantitative estimate of drug-likeness (QED) is 0.0204. The van der Waals surface area contributed by atoms with Crippen molar-refractivity contribution in [2.45, 2.75) is 357 Å². The number of amides is 1. The number of rotatable bonds is 52. The zero-order valence-corrected chi connectivity index (χ0v) is 48.5. The van der Waals surface area contributed by atoms with Crippen LogP contribution in [0.25, 0.3) is 0 Å². The summed E-state index contributed by atoms with van der Waals surface area (Å²) in [7, 11) is 0. The number of nitrogens with one attached hydrogen (secondary N) is 1. The highest BCUT2D eigenvalue weighted by Gasteiger charge is 2.51. The Hall–Kier alpha value is -1.27. The normalized spacial score (nSPS) is 24.9. The smallest absolute Gasteiger partial charge is 0.220 e. The summed E-state index contributed by atoms with van der Waals surface area (Å²) in [5, 5.41) is 87.2. The van der Waals surface area contributed by atoms with Crippen LogP contribution in [0.4, 0.5) is 0 Å². The Morgan fingerprint density at radius 1 is 0.461 bits per heavy atom. The minimum atomic E-state index is -1.79. The molecule has 2 fully saturated rings. The van der Waals surface area contributed by atoms with Crippen LogP contribution in [0.3, 0.4) is 0 Å². The van der Waals surface area contributed by atoms with Crippen LogP contribution in [0.2, 0.25) is 0 Å². The second kappa shape index (κ2) is 48.4. The fraction of sp³-hybridized carbons (Fsp3) is 0.952. The number of aliphatic hydroxyl groups is 8. The molecule has 9 N–H and O–H groups in total. The van der Waals surface area contributed by atoms with E-state index in [0.29, 0.717) is 6.42 Å². The number of hydrogen-bond acceptors (Lipinski definition) is 13. The molecule has 0 radical (unpaired) electrons. The van der Waals surface area contributed by atoms with Crippen molar-refractivity contribution in [3.8, 4) is 0 Å². The molecule has 2 aliphatic rings. The number of allylic oxidation sites excluding steroid dienone is 1. The maximum Gasteiger partial charge on any atom is 0.220 e. The van der Waals surface area contributed by atoms with Crippen LogP contribution in [-0.2, 0) is 23.7 Å². The topological polar surface area (TPSA) is 228 Å². The molecule has 0 aromatic heterocycles. The Kier molecular flexibility index (Phi) is 45.1. The van der Waals surface area contributed by atoms with Gasteiger partial charge in [-0.2, -0.15) is 0 Å². The predicted octanol–water partition coefficient (Wildman–Crippen LogP) is 11.5. The molecule has 1 amide bonds. The van der Waals surface area contributed by atoms with Crippen molar-refractivity contribution in [1.29, 1.82) is 0 Å². The molecule has 12 unspecified atom stereocenters. The minimum Gasteiger partial charge on any atom is -0.394 e. The fourth-order valence-corrected chi connectivity index (χ4v) is 10.8. The molecule has 0 spiro atoms. The minimum absolute atomic E-state index is 0.233. The van der Waals surface area contributed by atoms with Crippen LogP contribution in [-0.4, -0.2) is 140 Å². The van der Waals surface area contributed by atoms with Crippen molar-refractivity contribution in [3.05, 3.63) is 12.2 Å². The number of aliphatic hydroxyl groups excluding tert-OH is 8. The van der Waals surface area contributed by atoms with E-state index in [-0.39, 0.29) is 18.9 Å². The van der Waals surface area contributed by atoms with Crippen LogP contribution in [0, 0.1) is 0 Å². The maximum absolute atomic E-state index is 13.3. The standard InChI is InChI=1S/C62H119NO13/c1-3-5-7-9-11-13-15-17-19-21-22-23-24-25-26-27-28-30-31-33-35-37-39-41-43-45-51(66)50(63-54(67)46-44-42-40-38-36-34-32-29-20-18-16-14-12-10-8-6-4-2)49-73-61-59(72)57(70)60(53(48-65)75-61)76-62-58(71)56(69)55(68)52(47-64)74-62/h43,45,50-53,55-62,64-66,68-72H,3-42,44,46-49H2,1-2H3,(H,63,67)/b45-43+. The largest absolute Gasteiger partial charge is 0.394 e. The Bertz CT molecular complexity index is 1330. The number of ether oxygens (including phenoxy) is 4. The van der Waals surface area contributed by atoms with Gasteiger partial charge in [0.25, 0.3) is 0 Å². The third-order valence-corrected chi connectivity index (χ3v) is 16.0. The van der Waals surface area contributed by atoms with Crippen molar-refractivity contribution >= 4 is 5.91 Å². The molecule has 12 atom stereocenters. The maximum atomic E-state index is 13.3. The van der Waals surface area contributed by atoms with Gasteiger partial charge in [-0.3, -0.25) is 4.79 Å². The summed E-state index contributed by atoms with van der Waals surface area (Å²) < 4.78 is 22.8. The lowest BCUT2D eigenvalue weighted by molar-refractivity contribution is -0.359. The lowest BCUT2D eigenvalue weighted by atomic mass is 9.97. The van der Waals surface area contributed by atoms with Crippen molar-refractivity contribution in [1.82, 2.24) is 5.32 Å². The van der Waals surface area contributed by atoms with Gasteiger partial charge in [-0.1, -0.05) is 270 Å². The van der Waals surface area contributed by atoms with Crippen LogP contribution >= 0.6 is 0 Å². The van der Waals surface area contributed by atoms with Gasteiger partial charge >= 0.3 is 0 Å². The van der Waals surface area contributed by atoms with Gasteiger partial charge in [0.15, 0.2) is 12.6 Å². The van der Waals surface area contributed by atoms with Gasteiger partial charge in [0, 0.05) is 6.42 Å². The van der Waals surface area contributed by atoms with Crippen molar-refractivity contribution < 1.29 is 64.6 Å². The first-order valence-corrected chi connectivity index (χ1v) is 31.9. The summed E-state index contributed by atoms with van der Waals surface area (Å²) in [5.74, 6) is -0.233. The summed E-state index contributed by atoms with van der Waals surface area (Å²) in [4.78, 5) is 13.3. The first kappa shape index (κ1) is 70.8. The molecule has 0 bridgehead atoms.